The highest BCUT2D eigenvalue weighted by atomic mass is 28.3. The van der Waals surface area contributed by atoms with Crippen LogP contribution in [0.2, 0.25) is 48.4 Å². The molecule has 0 amide bonds. The van der Waals surface area contributed by atoms with Crippen LogP contribution in [0.4, 0.5) is 0 Å². The Hall–Kier alpha value is -3.97. The molecular weight excluding hydrogens is 663 g/mol. The zero-order valence-electron chi connectivity index (χ0n) is 31.5. The van der Waals surface area contributed by atoms with Gasteiger partial charge >= 0.3 is 0 Å². The van der Waals surface area contributed by atoms with E-state index in [2.05, 4.69) is 82.7 Å². The maximum atomic E-state index is 11.9. The summed E-state index contributed by atoms with van der Waals surface area (Å²) in [5.41, 5.74) is 0.901. The van der Waals surface area contributed by atoms with Crippen molar-refractivity contribution >= 4 is 27.5 Å². The van der Waals surface area contributed by atoms with Gasteiger partial charge in [0.05, 0.1) is 52.5 Å². The zero-order chi connectivity index (χ0) is 37.1. The second-order valence-corrected chi connectivity index (χ2v) is 28.2. The minimum atomic E-state index is -1.42. The molecule has 270 valence electrons. The lowest BCUT2D eigenvalue weighted by Gasteiger charge is -2.37. The third kappa shape index (κ3) is 9.42. The molecule has 50 heavy (non-hydrogen) atoms. The molecule has 0 fully saturated rings. The number of allylic oxidation sites excluding steroid dienone is 4. The lowest BCUT2D eigenvalue weighted by atomic mass is 10.0. The van der Waals surface area contributed by atoms with Crippen LogP contribution in [0.3, 0.4) is 0 Å². The fourth-order valence-electron chi connectivity index (χ4n) is 5.27. The third-order valence-electron chi connectivity index (χ3n) is 10.9. The first-order valence-corrected chi connectivity index (χ1v) is 23.9. The number of aromatic hydroxyl groups is 2. The van der Waals surface area contributed by atoms with Crippen molar-refractivity contribution in [2.75, 3.05) is 13.2 Å². The van der Waals surface area contributed by atoms with Crippen LogP contribution >= 0.6 is 0 Å². The highest BCUT2D eigenvalue weighted by Gasteiger charge is 2.35. The number of aliphatic hydroxyl groups is 1. The Morgan fingerprint density at radius 1 is 0.660 bits per heavy atom. The van der Waals surface area contributed by atoms with E-state index in [9.17, 15) is 20.1 Å². The number of benzene rings is 2. The Morgan fingerprint density at radius 2 is 1.08 bits per heavy atom. The number of hydrogen-bond donors (Lipinski definition) is 3. The Bertz CT molecular complexity index is 1670. The van der Waals surface area contributed by atoms with Crippen molar-refractivity contribution in [2.45, 2.75) is 109 Å². The second kappa shape index (κ2) is 15.1. The Kier molecular flexibility index (Phi) is 11.7. The predicted molar refractivity (Wildman–Crippen MR) is 207 cm³/mol. The summed E-state index contributed by atoms with van der Waals surface area (Å²) in [6, 6.07) is 12.2. The van der Waals surface area contributed by atoms with Crippen LogP contribution in [-0.2, 0) is 4.79 Å². The molecule has 0 radical (unpaired) electrons. The monoisotopic (exact) mass is 717 g/mol. The lowest BCUT2D eigenvalue weighted by Crippen LogP contribution is -2.37. The number of carbonyl (C=O) groups excluding carboxylic acids is 1. The Morgan fingerprint density at radius 3 is 1.46 bits per heavy atom. The van der Waals surface area contributed by atoms with Crippen molar-refractivity contribution in [3.8, 4) is 45.8 Å². The van der Waals surface area contributed by atoms with E-state index in [1.54, 1.807) is 24.3 Å². The number of rotatable bonds is 13. The van der Waals surface area contributed by atoms with Crippen LogP contribution < -0.4 is 9.47 Å². The maximum Gasteiger partial charge on any atom is 0.167 e. The van der Waals surface area contributed by atoms with Gasteiger partial charge in [0.1, 0.15) is 28.8 Å². The molecule has 2 aromatic carbocycles. The molecule has 0 saturated carbocycles. The number of ether oxygens (including phenoxy) is 2. The first kappa shape index (κ1) is 38.8. The van der Waals surface area contributed by atoms with Gasteiger partial charge in [0.15, 0.2) is 23.3 Å². The van der Waals surface area contributed by atoms with Crippen LogP contribution in [0.25, 0.3) is 28.3 Å². The number of phenolic OH excluding ortho intramolecular Hbond substituents is 2. The van der Waals surface area contributed by atoms with Crippen LogP contribution in [0, 0.1) is 0 Å². The smallest absolute Gasteiger partial charge is 0.167 e. The SMILES string of the molecule is CC(C)(C)[Si](C)(C)CCCOc1ccc(-c2nc(C3=C(O)CC(=O)C=C3)nc(-c3ccc(OCCC[Si](C)(C)C(C)(C)C)cc3O)n2)c(O)c1. The number of nitrogens with zero attached hydrogens (tertiary/aromatic N) is 3. The maximum absolute atomic E-state index is 11.9. The molecule has 4 rings (SSSR count). The lowest BCUT2D eigenvalue weighted by molar-refractivity contribution is -0.114. The summed E-state index contributed by atoms with van der Waals surface area (Å²) in [5.74, 6) is 0.826. The molecule has 9 nitrogen and oxygen atoms in total. The molecule has 0 saturated heterocycles. The largest absolute Gasteiger partial charge is 0.511 e. The summed E-state index contributed by atoms with van der Waals surface area (Å²) in [5, 5.41) is 33.5. The molecular formula is C39H55N3O6Si2. The van der Waals surface area contributed by atoms with Gasteiger partial charge in [-0.15, -0.1) is 0 Å². The fraction of sp³-hybridized carbons (Fsp3) is 0.487. The molecule has 1 aliphatic rings. The average Bonchev–Trinajstić information content (AvgIpc) is 3.00. The molecule has 0 spiro atoms. The molecule has 0 atom stereocenters. The number of phenols is 2. The predicted octanol–water partition coefficient (Wildman–Crippen LogP) is 9.97. The Labute approximate surface area is 299 Å². The van der Waals surface area contributed by atoms with Gasteiger partial charge in [0, 0.05) is 12.1 Å². The molecule has 0 aliphatic heterocycles. The van der Waals surface area contributed by atoms with Gasteiger partial charge in [-0.3, -0.25) is 4.79 Å². The first-order valence-electron chi connectivity index (χ1n) is 17.5. The normalized spacial score (nSPS) is 14.3. The van der Waals surface area contributed by atoms with Gasteiger partial charge < -0.3 is 24.8 Å². The van der Waals surface area contributed by atoms with Crippen molar-refractivity contribution in [1.29, 1.82) is 0 Å². The third-order valence-corrected chi connectivity index (χ3v) is 22.2. The van der Waals surface area contributed by atoms with E-state index in [0.717, 1.165) is 24.9 Å². The Balaban J connectivity index is 1.59. The van der Waals surface area contributed by atoms with Gasteiger partial charge in [-0.2, -0.15) is 0 Å². The standard InChI is InChI=1S/C39H55N3O6Si2/c1-38(2,3)49(7,8)21-11-19-47-27-14-17-30(33(45)24-27)36-40-35(29-16-13-26(43)23-32(29)44)41-37(42-36)31-18-15-28(25-34(31)46)48-20-12-22-50(9,10)39(4,5)6/h13-18,24-25,44-46H,11-12,19-23H2,1-10H3. The molecule has 0 unspecified atom stereocenters. The van der Waals surface area contributed by atoms with E-state index in [1.807, 2.05) is 0 Å². The number of aliphatic hydroxyl groups excluding tert-OH is 1. The molecule has 3 aromatic rings. The molecule has 1 heterocycles. The van der Waals surface area contributed by atoms with Crippen molar-refractivity contribution in [1.82, 2.24) is 15.0 Å². The van der Waals surface area contributed by atoms with E-state index >= 15 is 0 Å². The summed E-state index contributed by atoms with van der Waals surface area (Å²) in [4.78, 5) is 25.7. The van der Waals surface area contributed by atoms with E-state index in [1.165, 1.54) is 24.3 Å². The zero-order valence-corrected chi connectivity index (χ0v) is 33.5. The summed E-state index contributed by atoms with van der Waals surface area (Å²) in [6.07, 6.45) is 4.50. The van der Waals surface area contributed by atoms with E-state index in [-0.39, 0.29) is 52.5 Å². The van der Waals surface area contributed by atoms with E-state index in [0.29, 0.717) is 45.9 Å². The van der Waals surface area contributed by atoms with Crippen LogP contribution in [0.1, 0.15) is 66.6 Å². The molecule has 3 N–H and O–H groups in total. The van der Waals surface area contributed by atoms with E-state index < -0.39 is 16.1 Å². The van der Waals surface area contributed by atoms with Gasteiger partial charge in [0.2, 0.25) is 0 Å². The number of aromatic nitrogens is 3. The summed E-state index contributed by atoms with van der Waals surface area (Å²) in [7, 11) is -2.83. The van der Waals surface area contributed by atoms with E-state index in [4.69, 9.17) is 9.47 Å². The first-order chi connectivity index (χ1) is 23.2. The topological polar surface area (TPSA) is 135 Å². The van der Waals surface area contributed by atoms with Crippen LogP contribution in [0.5, 0.6) is 23.0 Å². The molecule has 1 aliphatic carbocycles. The van der Waals surface area contributed by atoms with Gasteiger partial charge in [-0.05, 0) is 59.3 Å². The molecule has 0 bridgehead atoms. The minimum absolute atomic E-state index is 0.0896. The number of carbonyl (C=O) groups is 1. The summed E-state index contributed by atoms with van der Waals surface area (Å²) < 4.78 is 12.0. The number of ketones is 1. The molecule has 11 heteroatoms. The van der Waals surface area contributed by atoms with Crippen LogP contribution in [-0.4, -0.2) is 65.4 Å². The highest BCUT2D eigenvalue weighted by Crippen LogP contribution is 2.41. The van der Waals surface area contributed by atoms with Crippen LogP contribution in [0.15, 0.2) is 54.3 Å². The van der Waals surface area contributed by atoms with Gasteiger partial charge in [-0.25, -0.2) is 15.0 Å². The minimum Gasteiger partial charge on any atom is -0.511 e. The highest BCUT2D eigenvalue weighted by molar-refractivity contribution is 6.80. The van der Waals surface area contributed by atoms with Crippen molar-refractivity contribution in [2.24, 2.45) is 0 Å². The van der Waals surface area contributed by atoms with Crippen molar-refractivity contribution < 1.29 is 29.6 Å². The van der Waals surface area contributed by atoms with Crippen molar-refractivity contribution in [3.05, 3.63) is 60.1 Å². The fourth-order valence-corrected chi connectivity index (χ4v) is 8.83. The average molecular weight is 718 g/mol. The van der Waals surface area contributed by atoms with Crippen molar-refractivity contribution in [3.63, 3.8) is 0 Å². The summed E-state index contributed by atoms with van der Waals surface area (Å²) in [6.45, 7) is 24.5. The van der Waals surface area contributed by atoms with Gasteiger partial charge in [0.25, 0.3) is 0 Å². The summed E-state index contributed by atoms with van der Waals surface area (Å²) >= 11 is 0. The van der Waals surface area contributed by atoms with Gasteiger partial charge in [-0.1, -0.05) is 79.8 Å². The second-order valence-electron chi connectivity index (χ2n) is 16.7. The quantitative estimate of drug-likeness (QED) is 0.117. The number of hydrogen-bond acceptors (Lipinski definition) is 9. The molecule has 1 aromatic heterocycles.